The lowest BCUT2D eigenvalue weighted by molar-refractivity contribution is -0.387. The highest BCUT2D eigenvalue weighted by Gasteiger charge is 2.35. The third-order valence-electron chi connectivity index (χ3n) is 5.28. The lowest BCUT2D eigenvalue weighted by Gasteiger charge is -2.13. The number of tetrazole rings is 1. The lowest BCUT2D eigenvalue weighted by atomic mass is 10.1. The van der Waals surface area contributed by atoms with E-state index in [-0.39, 0.29) is 17.1 Å². The fourth-order valence-electron chi connectivity index (χ4n) is 3.51. The second-order valence-electron chi connectivity index (χ2n) is 7.65. The van der Waals surface area contributed by atoms with Crippen molar-refractivity contribution in [3.63, 3.8) is 0 Å². The Morgan fingerprint density at radius 3 is 2.57 bits per heavy atom. The van der Waals surface area contributed by atoms with Crippen molar-refractivity contribution in [2.75, 3.05) is 0 Å². The Bertz CT molecular complexity index is 1560. The Morgan fingerprint density at radius 2 is 1.81 bits per heavy atom. The van der Waals surface area contributed by atoms with Gasteiger partial charge in [0.25, 0.3) is 16.8 Å². The number of nitro groups is 1. The number of imide groups is 1. The van der Waals surface area contributed by atoms with E-state index in [9.17, 15) is 19.7 Å². The molecule has 37 heavy (non-hydrogen) atoms. The normalized spacial score (nSPS) is 14.5. The van der Waals surface area contributed by atoms with Crippen LogP contribution in [0.15, 0.2) is 87.8 Å². The van der Waals surface area contributed by atoms with Crippen molar-refractivity contribution in [1.82, 2.24) is 25.1 Å². The molecule has 2 heterocycles. The SMILES string of the molecule is O=C1S/C(=C\c2ccc(Sc3nnnn3-c3ccccc3)c([N+](=O)[O-])c2)C(=O)N1Cc1ccccc1Cl. The van der Waals surface area contributed by atoms with E-state index in [1.807, 2.05) is 30.3 Å². The van der Waals surface area contributed by atoms with Gasteiger partial charge in [-0.3, -0.25) is 24.6 Å². The van der Waals surface area contributed by atoms with Crippen molar-refractivity contribution in [1.29, 1.82) is 0 Å². The number of nitro benzene ring substituents is 1. The first-order chi connectivity index (χ1) is 17.9. The number of carbonyl (C=O) groups is 2. The molecule has 0 radical (unpaired) electrons. The van der Waals surface area contributed by atoms with Crippen molar-refractivity contribution < 1.29 is 14.5 Å². The Balaban J connectivity index is 1.40. The van der Waals surface area contributed by atoms with Gasteiger partial charge < -0.3 is 0 Å². The zero-order chi connectivity index (χ0) is 25.9. The summed E-state index contributed by atoms with van der Waals surface area (Å²) < 4.78 is 1.48. The second kappa shape index (κ2) is 10.5. The standard InChI is InChI=1S/C24H15ClN6O4S2/c25-18-9-5-4-6-16(18)14-29-22(32)21(37-24(29)33)13-15-10-11-20(19(12-15)31(34)35)36-23-26-27-28-30(23)17-7-2-1-3-8-17/h1-13H,14H2/b21-13-. The van der Waals surface area contributed by atoms with E-state index in [4.69, 9.17) is 11.6 Å². The van der Waals surface area contributed by atoms with Crippen molar-refractivity contribution in [3.05, 3.63) is 104 Å². The molecule has 2 amide bonds. The number of halogens is 1. The van der Waals surface area contributed by atoms with Crippen LogP contribution in [0.5, 0.6) is 0 Å². The number of hydrogen-bond acceptors (Lipinski definition) is 9. The smallest absolute Gasteiger partial charge is 0.268 e. The molecule has 1 saturated heterocycles. The van der Waals surface area contributed by atoms with E-state index >= 15 is 0 Å². The van der Waals surface area contributed by atoms with E-state index < -0.39 is 16.1 Å². The average Bonchev–Trinajstić information content (AvgIpc) is 3.46. The summed E-state index contributed by atoms with van der Waals surface area (Å²) in [5, 5.41) is 23.9. The fourth-order valence-corrected chi connectivity index (χ4v) is 5.42. The predicted molar refractivity (Wildman–Crippen MR) is 139 cm³/mol. The maximum atomic E-state index is 12.9. The van der Waals surface area contributed by atoms with Crippen molar-refractivity contribution in [3.8, 4) is 5.69 Å². The molecule has 10 nitrogen and oxygen atoms in total. The first kappa shape index (κ1) is 24.7. The van der Waals surface area contributed by atoms with Gasteiger partial charge in [-0.05, 0) is 75.4 Å². The molecule has 0 saturated carbocycles. The molecule has 0 atom stereocenters. The molecule has 4 aromatic rings. The van der Waals surface area contributed by atoms with Gasteiger partial charge in [-0.25, -0.2) is 0 Å². The van der Waals surface area contributed by atoms with Crippen LogP contribution in [0.1, 0.15) is 11.1 Å². The third kappa shape index (κ3) is 5.26. The van der Waals surface area contributed by atoms with E-state index in [0.29, 0.717) is 31.9 Å². The maximum absolute atomic E-state index is 12.9. The van der Waals surface area contributed by atoms with Gasteiger partial charge in [0, 0.05) is 11.1 Å². The van der Waals surface area contributed by atoms with Gasteiger partial charge in [0.2, 0.25) is 5.16 Å². The van der Waals surface area contributed by atoms with Crippen molar-refractivity contribution in [2.45, 2.75) is 16.6 Å². The van der Waals surface area contributed by atoms with E-state index in [1.165, 1.54) is 16.8 Å². The summed E-state index contributed by atoms with van der Waals surface area (Å²) in [6.07, 6.45) is 1.47. The summed E-state index contributed by atoms with van der Waals surface area (Å²) in [5.41, 5.74) is 1.57. The van der Waals surface area contributed by atoms with Crippen molar-refractivity contribution >= 4 is 58.0 Å². The summed E-state index contributed by atoms with van der Waals surface area (Å²) in [6.45, 7) is 0.0353. The number of benzene rings is 3. The molecule has 184 valence electrons. The lowest BCUT2D eigenvalue weighted by Crippen LogP contribution is -2.27. The third-order valence-corrected chi connectivity index (χ3v) is 7.56. The summed E-state index contributed by atoms with van der Waals surface area (Å²) >= 11 is 7.99. The minimum atomic E-state index is -0.514. The van der Waals surface area contributed by atoms with Gasteiger partial charge in [-0.2, -0.15) is 4.68 Å². The molecule has 0 unspecified atom stereocenters. The number of thioether (sulfide) groups is 1. The van der Waals surface area contributed by atoms with Crippen LogP contribution in [0.4, 0.5) is 10.5 Å². The fraction of sp³-hybridized carbons (Fsp3) is 0.0417. The zero-order valence-electron chi connectivity index (χ0n) is 18.7. The summed E-state index contributed by atoms with van der Waals surface area (Å²) in [7, 11) is 0. The highest BCUT2D eigenvalue weighted by atomic mass is 35.5. The number of nitrogens with zero attached hydrogens (tertiary/aromatic N) is 6. The van der Waals surface area contributed by atoms with E-state index in [1.54, 1.807) is 36.4 Å². The average molecular weight is 551 g/mol. The Hall–Kier alpha value is -4.00. The van der Waals surface area contributed by atoms with Crippen LogP contribution in [0.2, 0.25) is 5.02 Å². The molecule has 5 rings (SSSR count). The van der Waals surface area contributed by atoms with Crippen LogP contribution >= 0.6 is 35.1 Å². The molecule has 13 heteroatoms. The molecule has 0 spiro atoms. The first-order valence-electron chi connectivity index (χ1n) is 10.7. The summed E-state index contributed by atoms with van der Waals surface area (Å²) in [4.78, 5) is 38.4. The Kier molecular flexibility index (Phi) is 7.04. The minimum Gasteiger partial charge on any atom is -0.268 e. The molecule has 1 fully saturated rings. The highest BCUT2D eigenvalue weighted by Crippen LogP contribution is 2.38. The maximum Gasteiger partial charge on any atom is 0.293 e. The largest absolute Gasteiger partial charge is 0.293 e. The monoisotopic (exact) mass is 550 g/mol. The number of amides is 2. The van der Waals surface area contributed by atoms with Crippen LogP contribution in [0.3, 0.4) is 0 Å². The van der Waals surface area contributed by atoms with Crippen molar-refractivity contribution in [2.24, 2.45) is 0 Å². The second-order valence-corrected chi connectivity index (χ2v) is 10.1. The van der Waals surface area contributed by atoms with Gasteiger partial charge >= 0.3 is 0 Å². The van der Waals surface area contributed by atoms with Gasteiger partial charge in [0.1, 0.15) is 0 Å². The summed E-state index contributed by atoms with van der Waals surface area (Å²) in [6, 6.07) is 20.7. The molecule has 0 bridgehead atoms. The van der Waals surface area contributed by atoms with Crippen LogP contribution in [-0.2, 0) is 11.3 Å². The number of para-hydroxylation sites is 1. The van der Waals surface area contributed by atoms with Crippen LogP contribution in [-0.4, -0.2) is 41.2 Å². The molecule has 1 aromatic heterocycles. The number of hydrogen-bond donors (Lipinski definition) is 0. The molecular formula is C24H15ClN6O4S2. The first-order valence-corrected chi connectivity index (χ1v) is 12.7. The topological polar surface area (TPSA) is 124 Å². The van der Waals surface area contributed by atoms with Crippen LogP contribution in [0.25, 0.3) is 11.8 Å². The van der Waals surface area contributed by atoms with Gasteiger partial charge in [0.15, 0.2) is 0 Å². The van der Waals surface area contributed by atoms with Crippen LogP contribution in [0, 0.1) is 10.1 Å². The number of rotatable bonds is 7. The quantitative estimate of drug-likeness (QED) is 0.164. The molecular weight excluding hydrogens is 536 g/mol. The Labute approximate surface area is 223 Å². The number of aromatic nitrogens is 4. The molecule has 1 aliphatic heterocycles. The zero-order valence-corrected chi connectivity index (χ0v) is 21.1. The summed E-state index contributed by atoms with van der Waals surface area (Å²) in [5.74, 6) is -0.488. The predicted octanol–water partition coefficient (Wildman–Crippen LogP) is 5.61. The van der Waals surface area contributed by atoms with E-state index in [2.05, 4.69) is 15.5 Å². The van der Waals surface area contributed by atoms with Gasteiger partial charge in [0.05, 0.1) is 27.0 Å². The van der Waals surface area contributed by atoms with Gasteiger partial charge in [-0.1, -0.05) is 54.1 Å². The molecule has 1 aliphatic rings. The molecule has 0 N–H and O–H groups in total. The van der Waals surface area contributed by atoms with E-state index in [0.717, 1.165) is 28.4 Å². The number of carbonyl (C=O) groups excluding carboxylic acids is 2. The molecule has 3 aromatic carbocycles. The van der Waals surface area contributed by atoms with Gasteiger partial charge in [-0.15, -0.1) is 5.10 Å². The Morgan fingerprint density at radius 1 is 1.05 bits per heavy atom. The van der Waals surface area contributed by atoms with Crippen LogP contribution < -0.4 is 0 Å². The molecule has 0 aliphatic carbocycles. The minimum absolute atomic E-state index is 0.0353. The highest BCUT2D eigenvalue weighted by molar-refractivity contribution is 8.18.